The summed E-state index contributed by atoms with van der Waals surface area (Å²) in [5.41, 5.74) is 0.0739. The Morgan fingerprint density at radius 2 is 1.21 bits per heavy atom. The molecule has 1 fully saturated rings. The number of hydrogen-bond donors (Lipinski definition) is 1. The summed E-state index contributed by atoms with van der Waals surface area (Å²) in [4.78, 5) is 12.4. The van der Waals surface area contributed by atoms with Crippen LogP contribution in [-0.4, -0.2) is 20.0 Å². The number of benzene rings is 3. The second-order valence-corrected chi connectivity index (χ2v) is 12.8. The van der Waals surface area contributed by atoms with Crippen LogP contribution >= 0.6 is 0 Å². The van der Waals surface area contributed by atoms with Crippen LogP contribution in [-0.2, 0) is 4.79 Å². The van der Waals surface area contributed by atoms with Gasteiger partial charge in [-0.05, 0) is 33.4 Å². The van der Waals surface area contributed by atoms with E-state index in [1.807, 2.05) is 0 Å². The van der Waals surface area contributed by atoms with Crippen molar-refractivity contribution in [1.82, 2.24) is 5.32 Å². The molecule has 1 amide bonds. The van der Waals surface area contributed by atoms with Gasteiger partial charge in [-0.2, -0.15) is 0 Å². The van der Waals surface area contributed by atoms with Gasteiger partial charge >= 0.3 is 0 Å². The highest BCUT2D eigenvalue weighted by molar-refractivity contribution is 7.11. The minimum atomic E-state index is -2.34. The third kappa shape index (κ3) is 3.79. The monoisotopic (exact) mass is 399 g/mol. The first kappa shape index (κ1) is 19.7. The molecule has 0 spiro atoms. The van der Waals surface area contributed by atoms with E-state index in [1.165, 1.54) is 15.6 Å². The van der Waals surface area contributed by atoms with Gasteiger partial charge in [-0.15, -0.1) is 0 Å². The summed E-state index contributed by atoms with van der Waals surface area (Å²) in [6.07, 6.45) is 1.56. The Labute approximate surface area is 175 Å². The van der Waals surface area contributed by atoms with E-state index in [0.717, 1.165) is 12.5 Å². The van der Waals surface area contributed by atoms with E-state index >= 15 is 0 Å². The quantitative estimate of drug-likeness (QED) is 0.517. The van der Waals surface area contributed by atoms with Gasteiger partial charge in [0.2, 0.25) is 5.91 Å². The van der Waals surface area contributed by atoms with Crippen molar-refractivity contribution < 1.29 is 4.79 Å². The lowest BCUT2D eigenvalue weighted by Gasteiger charge is -2.45. The Balaban J connectivity index is 1.94. The van der Waals surface area contributed by atoms with Crippen molar-refractivity contribution >= 4 is 29.5 Å². The number of amides is 1. The predicted octanol–water partition coefficient (Wildman–Crippen LogP) is 3.46. The predicted molar refractivity (Wildman–Crippen MR) is 124 cm³/mol. The summed E-state index contributed by atoms with van der Waals surface area (Å²) in [6, 6.07) is 33.9. The first-order valence-electron chi connectivity index (χ1n) is 10.5. The van der Waals surface area contributed by atoms with Crippen LogP contribution in [0.1, 0.15) is 26.7 Å². The number of nitrogens with one attached hydrogen (secondary N) is 1. The highest BCUT2D eigenvalue weighted by atomic mass is 28.3. The molecule has 0 saturated carbocycles. The van der Waals surface area contributed by atoms with E-state index in [4.69, 9.17) is 0 Å². The fourth-order valence-electron chi connectivity index (χ4n) is 4.73. The smallest absolute Gasteiger partial charge is 0.220 e. The molecule has 1 atom stereocenters. The normalized spacial score (nSPS) is 18.8. The molecule has 1 aliphatic heterocycles. The molecule has 29 heavy (non-hydrogen) atoms. The summed E-state index contributed by atoms with van der Waals surface area (Å²) in [5, 5.41) is 7.56. The summed E-state index contributed by atoms with van der Waals surface area (Å²) < 4.78 is 0. The van der Waals surface area contributed by atoms with Crippen molar-refractivity contribution in [1.29, 1.82) is 0 Å². The minimum Gasteiger partial charge on any atom is -0.353 e. The van der Waals surface area contributed by atoms with E-state index in [0.29, 0.717) is 6.42 Å². The van der Waals surface area contributed by atoms with Crippen LogP contribution in [0.3, 0.4) is 0 Å². The molecular formula is C26H29NOSi. The summed E-state index contributed by atoms with van der Waals surface area (Å²) in [7, 11) is -2.34. The van der Waals surface area contributed by atoms with E-state index in [9.17, 15) is 4.79 Å². The summed E-state index contributed by atoms with van der Waals surface area (Å²) >= 11 is 0. The second-order valence-electron chi connectivity index (χ2n) is 8.82. The maximum atomic E-state index is 12.4. The molecule has 0 unspecified atom stereocenters. The number of hydrogen-bond acceptors (Lipinski definition) is 1. The van der Waals surface area contributed by atoms with Gasteiger partial charge in [0, 0.05) is 12.5 Å². The van der Waals surface area contributed by atoms with Gasteiger partial charge in [0.15, 0.2) is 0 Å². The maximum absolute atomic E-state index is 12.4. The van der Waals surface area contributed by atoms with Gasteiger partial charge in [0.1, 0.15) is 8.07 Å². The van der Waals surface area contributed by atoms with Gasteiger partial charge < -0.3 is 5.32 Å². The lowest BCUT2D eigenvalue weighted by atomic mass is 9.78. The SMILES string of the molecule is CC1(C)CCC(=O)N[C@H]1C[Si](c1ccccc1)(c1ccccc1)c1ccccc1. The molecule has 1 N–H and O–H groups in total. The Morgan fingerprint density at radius 1 is 0.793 bits per heavy atom. The lowest BCUT2D eigenvalue weighted by Crippen LogP contribution is -2.70. The summed E-state index contributed by atoms with van der Waals surface area (Å²) in [5.74, 6) is 0.186. The Hall–Kier alpha value is -2.65. The zero-order chi connectivity index (χ0) is 20.3. The molecule has 1 aliphatic rings. The zero-order valence-corrected chi connectivity index (χ0v) is 18.3. The highest BCUT2D eigenvalue weighted by Gasteiger charge is 2.46. The summed E-state index contributed by atoms with van der Waals surface area (Å²) in [6.45, 7) is 4.61. The molecule has 3 aromatic carbocycles. The highest BCUT2D eigenvalue weighted by Crippen LogP contribution is 2.35. The molecule has 0 radical (unpaired) electrons. The van der Waals surface area contributed by atoms with E-state index in [2.05, 4.69) is 110 Å². The van der Waals surface area contributed by atoms with E-state index < -0.39 is 8.07 Å². The van der Waals surface area contributed by atoms with Gasteiger partial charge in [0.05, 0.1) is 0 Å². The molecule has 1 saturated heterocycles. The van der Waals surface area contributed by atoms with Crippen LogP contribution in [0.5, 0.6) is 0 Å². The van der Waals surface area contributed by atoms with Crippen molar-refractivity contribution in [3.05, 3.63) is 91.0 Å². The number of piperidine rings is 1. The maximum Gasteiger partial charge on any atom is 0.220 e. The van der Waals surface area contributed by atoms with Crippen molar-refractivity contribution in [2.75, 3.05) is 0 Å². The molecule has 2 nitrogen and oxygen atoms in total. The Morgan fingerprint density at radius 3 is 1.62 bits per heavy atom. The zero-order valence-electron chi connectivity index (χ0n) is 17.3. The van der Waals surface area contributed by atoms with E-state index in [-0.39, 0.29) is 17.4 Å². The van der Waals surface area contributed by atoms with Gasteiger partial charge in [-0.1, -0.05) is 105 Å². The largest absolute Gasteiger partial charge is 0.353 e. The average Bonchev–Trinajstić information content (AvgIpc) is 2.76. The Kier molecular flexibility index (Phi) is 5.42. The molecule has 3 heteroatoms. The molecule has 148 valence electrons. The van der Waals surface area contributed by atoms with Crippen molar-refractivity contribution in [2.24, 2.45) is 5.41 Å². The van der Waals surface area contributed by atoms with Crippen molar-refractivity contribution in [3.8, 4) is 0 Å². The van der Waals surface area contributed by atoms with Crippen LogP contribution in [0.2, 0.25) is 6.04 Å². The van der Waals surface area contributed by atoms with Gasteiger partial charge in [-0.25, -0.2) is 0 Å². The fourth-order valence-corrected chi connectivity index (χ4v) is 9.99. The topological polar surface area (TPSA) is 29.1 Å². The molecular weight excluding hydrogens is 370 g/mol. The fraction of sp³-hybridized carbons (Fsp3) is 0.269. The molecule has 0 aliphatic carbocycles. The third-order valence-corrected chi connectivity index (χ3v) is 11.6. The third-order valence-electron chi connectivity index (χ3n) is 6.59. The van der Waals surface area contributed by atoms with Crippen LogP contribution in [0.4, 0.5) is 0 Å². The molecule has 1 heterocycles. The number of rotatable bonds is 5. The van der Waals surface area contributed by atoms with Gasteiger partial charge in [-0.3, -0.25) is 4.79 Å². The molecule has 3 aromatic rings. The second kappa shape index (κ2) is 8.00. The molecule has 4 rings (SSSR count). The standard InChI is InChI=1S/C26H29NOSi/c1-26(2)19-18-25(28)27-24(26)20-29(21-12-6-3-7-13-21,22-14-8-4-9-15-22)23-16-10-5-11-17-23/h3-17,24H,18-20H2,1-2H3,(H,27,28)/t24-/m0/s1. The minimum absolute atomic E-state index is 0.0739. The Bertz CT molecular complexity index is 857. The van der Waals surface area contributed by atoms with Gasteiger partial charge in [0.25, 0.3) is 0 Å². The van der Waals surface area contributed by atoms with E-state index in [1.54, 1.807) is 0 Å². The van der Waals surface area contributed by atoms with Crippen molar-refractivity contribution in [2.45, 2.75) is 38.8 Å². The average molecular weight is 400 g/mol. The number of carbonyl (C=O) groups is 1. The first-order chi connectivity index (χ1) is 14.0. The van der Waals surface area contributed by atoms with Crippen LogP contribution in [0.25, 0.3) is 0 Å². The lowest BCUT2D eigenvalue weighted by molar-refractivity contribution is -0.125. The molecule has 0 bridgehead atoms. The van der Waals surface area contributed by atoms with Crippen LogP contribution in [0, 0.1) is 5.41 Å². The van der Waals surface area contributed by atoms with Crippen molar-refractivity contribution in [3.63, 3.8) is 0 Å². The molecule has 0 aromatic heterocycles. The first-order valence-corrected chi connectivity index (χ1v) is 12.7. The number of carbonyl (C=O) groups excluding carboxylic acids is 1. The van der Waals surface area contributed by atoms with Crippen LogP contribution < -0.4 is 20.9 Å². The van der Waals surface area contributed by atoms with Crippen LogP contribution in [0.15, 0.2) is 91.0 Å².